The van der Waals surface area contributed by atoms with Crippen LogP contribution in [-0.4, -0.2) is 27.7 Å². The minimum atomic E-state index is -0.287. The van der Waals surface area contributed by atoms with Crippen molar-refractivity contribution in [1.82, 2.24) is 14.7 Å². The predicted octanol–water partition coefficient (Wildman–Crippen LogP) is 3.68. The minimum Gasteiger partial charge on any atom is -0.343 e. The molecule has 29 heavy (non-hydrogen) atoms. The van der Waals surface area contributed by atoms with Crippen LogP contribution in [0.3, 0.4) is 0 Å². The van der Waals surface area contributed by atoms with Crippen LogP contribution < -0.4 is 10.6 Å². The van der Waals surface area contributed by atoms with Gasteiger partial charge in [0.15, 0.2) is 0 Å². The number of carbonyl (C=O) groups is 2. The number of anilines is 1. The van der Waals surface area contributed by atoms with E-state index in [4.69, 9.17) is 0 Å². The summed E-state index contributed by atoms with van der Waals surface area (Å²) in [6, 6.07) is 20.4. The van der Waals surface area contributed by atoms with Crippen molar-refractivity contribution < 1.29 is 9.59 Å². The third-order valence-electron chi connectivity index (χ3n) is 4.62. The van der Waals surface area contributed by atoms with Gasteiger partial charge in [-0.15, -0.1) is 0 Å². The second-order valence-electron chi connectivity index (χ2n) is 6.72. The quantitative estimate of drug-likeness (QED) is 0.551. The molecule has 2 aromatic carbocycles. The van der Waals surface area contributed by atoms with Gasteiger partial charge in [-0.1, -0.05) is 36.4 Å². The van der Waals surface area contributed by atoms with Crippen LogP contribution in [0.5, 0.6) is 0 Å². The van der Waals surface area contributed by atoms with Crippen LogP contribution in [0, 0.1) is 6.92 Å². The van der Waals surface area contributed by atoms with Crippen LogP contribution in [0.2, 0.25) is 0 Å². The summed E-state index contributed by atoms with van der Waals surface area (Å²) < 4.78 is 1.95. The number of rotatable bonds is 5. The third kappa shape index (κ3) is 4.16. The average Bonchev–Trinajstić information content (AvgIpc) is 3.18. The van der Waals surface area contributed by atoms with E-state index in [1.54, 1.807) is 24.3 Å². The Morgan fingerprint density at radius 2 is 1.79 bits per heavy atom. The highest BCUT2D eigenvalue weighted by Gasteiger charge is 2.11. The van der Waals surface area contributed by atoms with Gasteiger partial charge in [-0.05, 0) is 42.8 Å². The van der Waals surface area contributed by atoms with Crippen molar-refractivity contribution in [2.75, 3.05) is 11.9 Å². The molecule has 0 aliphatic carbocycles. The van der Waals surface area contributed by atoms with E-state index in [1.165, 1.54) is 0 Å². The monoisotopic (exact) mass is 384 g/mol. The highest BCUT2D eigenvalue weighted by atomic mass is 16.2. The summed E-state index contributed by atoms with van der Waals surface area (Å²) in [6.45, 7) is 1.82. The number of carbonyl (C=O) groups excluding carboxylic acids is 2. The molecule has 2 amide bonds. The Morgan fingerprint density at radius 1 is 1.00 bits per heavy atom. The first-order valence-corrected chi connectivity index (χ1v) is 9.28. The number of benzene rings is 2. The molecule has 6 nitrogen and oxygen atoms in total. The van der Waals surface area contributed by atoms with E-state index in [9.17, 15) is 9.59 Å². The van der Waals surface area contributed by atoms with Crippen molar-refractivity contribution >= 4 is 23.1 Å². The maximum absolute atomic E-state index is 12.3. The van der Waals surface area contributed by atoms with E-state index in [0.29, 0.717) is 11.3 Å². The Kier molecular flexibility index (Phi) is 5.07. The molecule has 0 saturated heterocycles. The molecule has 0 spiro atoms. The number of fused-ring (bicyclic) bond motifs is 1. The molecule has 6 heteroatoms. The van der Waals surface area contributed by atoms with E-state index in [0.717, 1.165) is 22.5 Å². The highest BCUT2D eigenvalue weighted by molar-refractivity contribution is 5.99. The Bertz CT molecular complexity index is 1150. The van der Waals surface area contributed by atoms with Crippen molar-refractivity contribution in [3.8, 4) is 11.3 Å². The van der Waals surface area contributed by atoms with E-state index in [2.05, 4.69) is 15.6 Å². The molecule has 2 aromatic heterocycles. The lowest BCUT2D eigenvalue weighted by atomic mass is 10.1. The zero-order valence-corrected chi connectivity index (χ0v) is 15.9. The number of amides is 2. The molecular weight excluding hydrogens is 364 g/mol. The maximum atomic E-state index is 12.3. The van der Waals surface area contributed by atoms with Gasteiger partial charge in [0.1, 0.15) is 5.65 Å². The van der Waals surface area contributed by atoms with E-state index in [-0.39, 0.29) is 18.4 Å². The fraction of sp³-hybridized carbons (Fsp3) is 0.0870. The SMILES string of the molecule is Cc1ccc(-c2cn3ccccc3n2)cc1NC(=O)CNC(=O)c1ccccc1. The largest absolute Gasteiger partial charge is 0.343 e. The van der Waals surface area contributed by atoms with Gasteiger partial charge >= 0.3 is 0 Å². The van der Waals surface area contributed by atoms with Crippen molar-refractivity contribution in [3.63, 3.8) is 0 Å². The fourth-order valence-corrected chi connectivity index (χ4v) is 3.04. The molecule has 0 aliphatic heterocycles. The summed E-state index contributed by atoms with van der Waals surface area (Å²) in [5.41, 5.74) is 4.73. The normalized spacial score (nSPS) is 10.7. The lowest BCUT2D eigenvalue weighted by Gasteiger charge is -2.11. The number of hydrogen-bond acceptors (Lipinski definition) is 3. The third-order valence-corrected chi connectivity index (χ3v) is 4.62. The molecule has 144 valence electrons. The molecule has 0 saturated carbocycles. The highest BCUT2D eigenvalue weighted by Crippen LogP contribution is 2.25. The summed E-state index contributed by atoms with van der Waals surface area (Å²) in [5.74, 6) is -0.569. The van der Waals surface area contributed by atoms with Crippen LogP contribution in [0.25, 0.3) is 16.9 Å². The second kappa shape index (κ2) is 7.98. The molecular formula is C23H20N4O2. The summed E-state index contributed by atoms with van der Waals surface area (Å²) >= 11 is 0. The van der Waals surface area contributed by atoms with Crippen molar-refractivity contribution in [2.45, 2.75) is 6.92 Å². The number of nitrogens with one attached hydrogen (secondary N) is 2. The van der Waals surface area contributed by atoms with Crippen LogP contribution in [0.4, 0.5) is 5.69 Å². The minimum absolute atomic E-state index is 0.105. The number of aryl methyl sites for hydroxylation is 1. The zero-order chi connectivity index (χ0) is 20.2. The molecule has 0 radical (unpaired) electrons. The predicted molar refractivity (Wildman–Crippen MR) is 113 cm³/mol. The molecule has 4 rings (SSSR count). The van der Waals surface area contributed by atoms with Crippen LogP contribution in [0.1, 0.15) is 15.9 Å². The summed E-state index contributed by atoms with van der Waals surface area (Å²) in [5, 5.41) is 5.51. The second-order valence-corrected chi connectivity index (χ2v) is 6.72. The molecule has 0 aliphatic rings. The average molecular weight is 384 g/mol. The van der Waals surface area contributed by atoms with Gasteiger partial charge in [0.05, 0.1) is 12.2 Å². The van der Waals surface area contributed by atoms with Gasteiger partial charge < -0.3 is 15.0 Å². The molecule has 0 atom stereocenters. The molecule has 2 heterocycles. The Morgan fingerprint density at radius 3 is 2.59 bits per heavy atom. The van der Waals surface area contributed by atoms with Crippen molar-refractivity contribution in [2.24, 2.45) is 0 Å². The smallest absolute Gasteiger partial charge is 0.251 e. The Labute approximate surface area is 168 Å². The number of aromatic nitrogens is 2. The number of nitrogens with zero attached hydrogens (tertiary/aromatic N) is 2. The van der Waals surface area contributed by atoms with E-state index >= 15 is 0 Å². The number of imidazole rings is 1. The van der Waals surface area contributed by atoms with Gasteiger partial charge in [-0.2, -0.15) is 0 Å². The number of hydrogen-bond donors (Lipinski definition) is 2. The van der Waals surface area contributed by atoms with Gasteiger partial charge in [0.25, 0.3) is 5.91 Å². The first-order chi connectivity index (χ1) is 14.1. The summed E-state index contributed by atoms with van der Waals surface area (Å²) in [4.78, 5) is 29.1. The lowest BCUT2D eigenvalue weighted by molar-refractivity contribution is -0.115. The van der Waals surface area contributed by atoms with Gasteiger partial charge in [0, 0.05) is 29.2 Å². The van der Waals surface area contributed by atoms with E-state index in [1.807, 2.05) is 66.2 Å². The van der Waals surface area contributed by atoms with Crippen LogP contribution in [-0.2, 0) is 4.79 Å². The Hall–Kier alpha value is -3.93. The van der Waals surface area contributed by atoms with Crippen LogP contribution in [0.15, 0.2) is 79.1 Å². The van der Waals surface area contributed by atoms with Gasteiger partial charge in [-0.3, -0.25) is 9.59 Å². The van der Waals surface area contributed by atoms with Gasteiger partial charge in [-0.25, -0.2) is 4.98 Å². The molecule has 4 aromatic rings. The lowest BCUT2D eigenvalue weighted by Crippen LogP contribution is -2.32. The summed E-state index contributed by atoms with van der Waals surface area (Å²) in [6.07, 6.45) is 3.89. The Balaban J connectivity index is 1.46. The molecule has 2 N–H and O–H groups in total. The number of pyridine rings is 1. The molecule has 0 bridgehead atoms. The first kappa shape index (κ1) is 18.4. The van der Waals surface area contributed by atoms with E-state index < -0.39 is 0 Å². The first-order valence-electron chi connectivity index (χ1n) is 9.28. The molecule has 0 fully saturated rings. The topological polar surface area (TPSA) is 75.5 Å². The molecule has 0 unspecified atom stereocenters. The van der Waals surface area contributed by atoms with Crippen molar-refractivity contribution in [3.05, 3.63) is 90.3 Å². The standard InChI is InChI=1S/C23H20N4O2/c1-16-10-11-18(20-15-27-12-6-5-9-21(27)25-20)13-19(16)26-22(28)14-24-23(29)17-7-3-2-4-8-17/h2-13,15H,14H2,1H3,(H,24,29)(H,26,28). The fourth-order valence-electron chi connectivity index (χ4n) is 3.04. The van der Waals surface area contributed by atoms with Crippen LogP contribution >= 0.6 is 0 Å². The zero-order valence-electron chi connectivity index (χ0n) is 15.9. The summed E-state index contributed by atoms with van der Waals surface area (Å²) in [7, 11) is 0. The van der Waals surface area contributed by atoms with Gasteiger partial charge in [0.2, 0.25) is 5.91 Å². The van der Waals surface area contributed by atoms with Crippen molar-refractivity contribution in [1.29, 1.82) is 0 Å². The maximum Gasteiger partial charge on any atom is 0.251 e.